The van der Waals surface area contributed by atoms with Crippen LogP contribution in [0.1, 0.15) is 21.1 Å². The van der Waals surface area contributed by atoms with Gasteiger partial charge in [0.25, 0.3) is 5.91 Å². The van der Waals surface area contributed by atoms with E-state index < -0.39 is 11.9 Å². The molecule has 1 aromatic carbocycles. The summed E-state index contributed by atoms with van der Waals surface area (Å²) in [6.45, 7) is 1.61. The standard InChI is InChI=1S/C19H18N2O5S/c1-12-17(27-18(21-12)13-5-7-14(24-2)8-6-13)19(23)26-11-16(22)20-10-15-4-3-9-25-15/h3-9H,10-11H2,1-2H3,(H,20,22). The molecule has 0 bridgehead atoms. The van der Waals surface area contributed by atoms with Crippen LogP contribution in [0.2, 0.25) is 0 Å². The number of carbonyl (C=O) groups is 2. The van der Waals surface area contributed by atoms with Crippen LogP contribution in [0.5, 0.6) is 5.75 Å². The molecule has 0 spiro atoms. The van der Waals surface area contributed by atoms with E-state index in [9.17, 15) is 9.59 Å². The van der Waals surface area contributed by atoms with Crippen LogP contribution in [0.15, 0.2) is 47.1 Å². The monoisotopic (exact) mass is 386 g/mol. The topological polar surface area (TPSA) is 90.7 Å². The molecule has 3 aromatic rings. The Bertz CT molecular complexity index is 916. The lowest BCUT2D eigenvalue weighted by molar-refractivity contribution is -0.124. The third-order valence-corrected chi connectivity index (χ3v) is 4.88. The van der Waals surface area contributed by atoms with Crippen LogP contribution in [0.4, 0.5) is 0 Å². The van der Waals surface area contributed by atoms with Crippen molar-refractivity contribution in [2.24, 2.45) is 0 Å². The second-order valence-electron chi connectivity index (χ2n) is 5.59. The number of aryl methyl sites for hydroxylation is 1. The quantitative estimate of drug-likeness (QED) is 0.627. The molecule has 0 radical (unpaired) electrons. The summed E-state index contributed by atoms with van der Waals surface area (Å²) >= 11 is 1.22. The van der Waals surface area contributed by atoms with Gasteiger partial charge >= 0.3 is 5.97 Å². The number of rotatable bonds is 7. The molecule has 140 valence electrons. The first-order valence-corrected chi connectivity index (χ1v) is 8.96. The fraction of sp³-hybridized carbons (Fsp3) is 0.211. The Labute approximate surface area is 159 Å². The van der Waals surface area contributed by atoms with Gasteiger partial charge in [0.2, 0.25) is 0 Å². The third kappa shape index (κ3) is 4.73. The summed E-state index contributed by atoms with van der Waals surface area (Å²) in [7, 11) is 1.60. The number of amides is 1. The molecule has 0 saturated carbocycles. The lowest BCUT2D eigenvalue weighted by Gasteiger charge is -2.04. The fourth-order valence-corrected chi connectivity index (χ4v) is 3.25. The number of nitrogens with one attached hydrogen (secondary N) is 1. The van der Waals surface area contributed by atoms with Crippen LogP contribution in [0.3, 0.4) is 0 Å². The molecule has 0 atom stereocenters. The summed E-state index contributed by atoms with van der Waals surface area (Å²) < 4.78 is 15.3. The summed E-state index contributed by atoms with van der Waals surface area (Å²) in [4.78, 5) is 28.9. The minimum atomic E-state index is -0.571. The highest BCUT2D eigenvalue weighted by Gasteiger charge is 2.18. The zero-order valence-electron chi connectivity index (χ0n) is 14.9. The Kier molecular flexibility index (Phi) is 5.87. The van der Waals surface area contributed by atoms with Gasteiger partial charge < -0.3 is 19.2 Å². The van der Waals surface area contributed by atoms with E-state index in [1.807, 2.05) is 24.3 Å². The molecular weight excluding hydrogens is 368 g/mol. The van der Waals surface area contributed by atoms with Crippen LogP contribution < -0.4 is 10.1 Å². The van der Waals surface area contributed by atoms with E-state index >= 15 is 0 Å². The first-order chi connectivity index (χ1) is 13.1. The van der Waals surface area contributed by atoms with Crippen molar-refractivity contribution < 1.29 is 23.5 Å². The van der Waals surface area contributed by atoms with Gasteiger partial charge in [0.15, 0.2) is 6.61 Å². The Hall–Kier alpha value is -3.13. The number of aromatic nitrogens is 1. The average Bonchev–Trinajstić information content (AvgIpc) is 3.34. The summed E-state index contributed by atoms with van der Waals surface area (Å²) in [5, 5.41) is 3.31. The number of ether oxygens (including phenoxy) is 2. The highest BCUT2D eigenvalue weighted by atomic mass is 32.1. The first-order valence-electron chi connectivity index (χ1n) is 8.15. The maximum absolute atomic E-state index is 12.3. The third-order valence-electron chi connectivity index (χ3n) is 3.69. The number of methoxy groups -OCH3 is 1. The smallest absolute Gasteiger partial charge is 0.350 e. The molecule has 0 aliphatic carbocycles. The van der Waals surface area contributed by atoms with E-state index in [1.54, 1.807) is 26.2 Å². The summed E-state index contributed by atoms with van der Waals surface area (Å²) in [6, 6.07) is 10.9. The van der Waals surface area contributed by atoms with Gasteiger partial charge in [0.05, 0.1) is 25.6 Å². The van der Waals surface area contributed by atoms with Crippen molar-refractivity contribution >= 4 is 23.2 Å². The number of hydrogen-bond acceptors (Lipinski definition) is 7. The second kappa shape index (κ2) is 8.50. The maximum atomic E-state index is 12.3. The van der Waals surface area contributed by atoms with Gasteiger partial charge in [-0.15, -0.1) is 11.3 Å². The molecule has 0 aliphatic heterocycles. The van der Waals surface area contributed by atoms with Crippen molar-refractivity contribution in [3.8, 4) is 16.3 Å². The van der Waals surface area contributed by atoms with Gasteiger partial charge in [-0.3, -0.25) is 4.79 Å². The van der Waals surface area contributed by atoms with Crippen LogP contribution >= 0.6 is 11.3 Å². The Morgan fingerprint density at radius 3 is 2.67 bits per heavy atom. The Balaban J connectivity index is 1.58. The normalized spacial score (nSPS) is 10.4. The largest absolute Gasteiger partial charge is 0.497 e. The van der Waals surface area contributed by atoms with E-state index in [2.05, 4.69) is 10.3 Å². The van der Waals surface area contributed by atoms with Crippen molar-refractivity contribution in [1.29, 1.82) is 0 Å². The zero-order valence-corrected chi connectivity index (χ0v) is 15.7. The van der Waals surface area contributed by atoms with Crippen molar-refractivity contribution in [1.82, 2.24) is 10.3 Å². The van der Waals surface area contributed by atoms with Crippen LogP contribution in [0.25, 0.3) is 10.6 Å². The maximum Gasteiger partial charge on any atom is 0.350 e. The van der Waals surface area contributed by atoms with Crippen LogP contribution in [-0.2, 0) is 16.1 Å². The second-order valence-corrected chi connectivity index (χ2v) is 6.59. The average molecular weight is 386 g/mol. The summed E-state index contributed by atoms with van der Waals surface area (Å²) in [5.41, 5.74) is 1.44. The minimum absolute atomic E-state index is 0.241. The Morgan fingerprint density at radius 2 is 2.00 bits per heavy atom. The van der Waals surface area contributed by atoms with E-state index in [0.29, 0.717) is 21.3 Å². The van der Waals surface area contributed by atoms with Gasteiger partial charge in [-0.25, -0.2) is 9.78 Å². The molecule has 8 heteroatoms. The summed E-state index contributed by atoms with van der Waals surface area (Å²) in [5.74, 6) is 0.388. The van der Waals surface area contributed by atoms with Crippen molar-refractivity contribution in [3.05, 3.63) is 59.0 Å². The molecule has 0 fully saturated rings. The lowest BCUT2D eigenvalue weighted by Crippen LogP contribution is -2.28. The number of thiazole rings is 1. The molecule has 1 amide bonds. The molecule has 2 aromatic heterocycles. The molecule has 0 unspecified atom stereocenters. The predicted molar refractivity (Wildman–Crippen MR) is 99.7 cm³/mol. The first kappa shape index (κ1) is 18.7. The van der Waals surface area contributed by atoms with Crippen molar-refractivity contribution in [2.45, 2.75) is 13.5 Å². The number of benzene rings is 1. The molecule has 1 N–H and O–H groups in total. The van der Waals surface area contributed by atoms with Gasteiger partial charge in [-0.1, -0.05) is 0 Å². The summed E-state index contributed by atoms with van der Waals surface area (Å²) in [6.07, 6.45) is 1.52. The molecule has 27 heavy (non-hydrogen) atoms. The molecule has 0 saturated heterocycles. The van der Waals surface area contributed by atoms with E-state index in [-0.39, 0.29) is 13.2 Å². The van der Waals surface area contributed by atoms with Crippen molar-refractivity contribution in [2.75, 3.05) is 13.7 Å². The number of nitrogens with zero attached hydrogens (tertiary/aromatic N) is 1. The molecule has 0 aliphatic rings. The van der Waals surface area contributed by atoms with Gasteiger partial charge in [-0.05, 0) is 43.3 Å². The number of furan rings is 1. The highest BCUT2D eigenvalue weighted by molar-refractivity contribution is 7.17. The minimum Gasteiger partial charge on any atom is -0.497 e. The predicted octanol–water partition coefficient (Wildman–Crippen LogP) is 3.19. The SMILES string of the molecule is COc1ccc(-c2nc(C)c(C(=O)OCC(=O)NCc3ccco3)s2)cc1. The highest BCUT2D eigenvalue weighted by Crippen LogP contribution is 2.29. The number of carbonyl (C=O) groups excluding carboxylic acids is 2. The van der Waals surface area contributed by atoms with Gasteiger partial charge in [0.1, 0.15) is 21.4 Å². The van der Waals surface area contributed by atoms with Gasteiger partial charge in [0, 0.05) is 5.56 Å². The van der Waals surface area contributed by atoms with Gasteiger partial charge in [-0.2, -0.15) is 0 Å². The number of hydrogen-bond donors (Lipinski definition) is 1. The molecule has 2 heterocycles. The van der Waals surface area contributed by atoms with Crippen LogP contribution in [0, 0.1) is 6.92 Å². The molecule has 3 rings (SSSR count). The van der Waals surface area contributed by atoms with E-state index in [4.69, 9.17) is 13.9 Å². The fourth-order valence-electron chi connectivity index (χ4n) is 2.29. The number of esters is 1. The lowest BCUT2D eigenvalue weighted by atomic mass is 10.2. The molecular formula is C19H18N2O5S. The van der Waals surface area contributed by atoms with Crippen molar-refractivity contribution in [3.63, 3.8) is 0 Å². The Morgan fingerprint density at radius 1 is 1.22 bits per heavy atom. The van der Waals surface area contributed by atoms with E-state index in [1.165, 1.54) is 17.6 Å². The zero-order chi connectivity index (χ0) is 19.2. The molecule has 7 nitrogen and oxygen atoms in total. The van der Waals surface area contributed by atoms with Crippen LogP contribution in [-0.4, -0.2) is 30.6 Å². The van der Waals surface area contributed by atoms with E-state index in [0.717, 1.165) is 11.3 Å².